The summed E-state index contributed by atoms with van der Waals surface area (Å²) in [5.41, 5.74) is 0.229. The molecule has 202 valence electrons. The molecule has 2 aliphatic heterocycles. The van der Waals surface area contributed by atoms with Gasteiger partial charge in [0.2, 0.25) is 11.7 Å². The van der Waals surface area contributed by atoms with E-state index in [9.17, 15) is 22.7 Å². The Hall–Kier alpha value is -2.54. The maximum atomic E-state index is 14.0. The van der Waals surface area contributed by atoms with Crippen molar-refractivity contribution in [2.24, 2.45) is 5.92 Å². The molecule has 0 radical (unpaired) electrons. The van der Waals surface area contributed by atoms with E-state index in [-0.39, 0.29) is 35.4 Å². The topological polar surface area (TPSA) is 83.0 Å². The number of aliphatic hydroxyl groups is 1. The maximum absolute atomic E-state index is 14.0. The van der Waals surface area contributed by atoms with Crippen molar-refractivity contribution in [3.8, 4) is 5.88 Å². The van der Waals surface area contributed by atoms with Crippen molar-refractivity contribution < 1.29 is 32.1 Å². The Bertz CT molecular complexity index is 1120. The summed E-state index contributed by atoms with van der Waals surface area (Å²) in [5.74, 6) is -1.73. The van der Waals surface area contributed by atoms with Gasteiger partial charge in [-0.2, -0.15) is 18.2 Å². The molecule has 5 rings (SSSR count). The fourth-order valence-electron chi connectivity index (χ4n) is 5.62. The summed E-state index contributed by atoms with van der Waals surface area (Å²) in [6, 6.07) is 6.63. The van der Waals surface area contributed by atoms with E-state index < -0.39 is 23.9 Å². The molecule has 37 heavy (non-hydrogen) atoms. The molecule has 1 aliphatic carbocycles. The summed E-state index contributed by atoms with van der Waals surface area (Å²) in [6.07, 6.45) is -2.10. The van der Waals surface area contributed by atoms with E-state index in [4.69, 9.17) is 9.47 Å². The van der Waals surface area contributed by atoms with Crippen LogP contribution in [0.5, 0.6) is 5.88 Å². The van der Waals surface area contributed by atoms with Crippen LogP contribution in [0.4, 0.5) is 23.2 Å². The normalized spacial score (nSPS) is 28.6. The van der Waals surface area contributed by atoms with E-state index in [1.54, 1.807) is 17.0 Å². The van der Waals surface area contributed by atoms with Gasteiger partial charge in [-0.15, -0.1) is 0 Å². The van der Waals surface area contributed by atoms with Crippen molar-refractivity contribution in [3.63, 3.8) is 0 Å². The number of nitrogens with one attached hydrogen (secondary N) is 1. The zero-order valence-electron chi connectivity index (χ0n) is 20.8. The lowest BCUT2D eigenvalue weighted by Crippen LogP contribution is -2.54. The molecule has 1 atom stereocenters. The van der Waals surface area contributed by atoms with Crippen molar-refractivity contribution in [2.75, 3.05) is 45.4 Å². The van der Waals surface area contributed by atoms with Crippen LogP contribution in [0, 0.1) is 11.7 Å². The molecule has 8 nitrogen and oxygen atoms in total. The van der Waals surface area contributed by atoms with Crippen LogP contribution in [0.15, 0.2) is 30.5 Å². The second-order valence-corrected chi connectivity index (χ2v) is 10.5. The van der Waals surface area contributed by atoms with Crippen molar-refractivity contribution in [1.29, 1.82) is 0 Å². The first kappa shape index (κ1) is 26.1. The quantitative estimate of drug-likeness (QED) is 0.557. The predicted molar refractivity (Wildman–Crippen MR) is 126 cm³/mol. The first-order chi connectivity index (χ1) is 17.5. The molecule has 3 heterocycles. The van der Waals surface area contributed by atoms with Crippen LogP contribution >= 0.6 is 0 Å². The number of benzene rings is 1. The highest BCUT2D eigenvalue weighted by atomic mass is 19.4. The predicted octanol–water partition coefficient (Wildman–Crippen LogP) is 3.12. The van der Waals surface area contributed by atoms with Gasteiger partial charge in [0.25, 0.3) is 0 Å². The fraction of sp³-hybridized carbons (Fsp3) is 0.600. The minimum absolute atomic E-state index is 0.0745. The number of ether oxygens (including phenoxy) is 2. The highest BCUT2D eigenvalue weighted by Gasteiger charge is 2.51. The minimum atomic E-state index is -4.73. The van der Waals surface area contributed by atoms with Gasteiger partial charge < -0.3 is 19.5 Å². The first-order valence-electron chi connectivity index (χ1n) is 12.3. The lowest BCUT2D eigenvalue weighted by atomic mass is 9.69. The molecule has 1 spiro atoms. The third-order valence-corrected chi connectivity index (χ3v) is 7.92. The number of hydrogen-bond donors (Lipinski definition) is 2. The monoisotopic (exact) mass is 525 g/mol. The van der Waals surface area contributed by atoms with Gasteiger partial charge in [0.05, 0.1) is 26.0 Å². The standard InChI is InChI=1S/C25H31F4N5O3/c1-33(2)24(17-4-3-5-18(26)10-17)8-6-23(7-9-24)15-34(22(35)32-23)19-11-30-21(25(27,28)29)31-20(19)37-14-16-12-36-13-16/h3-5,10-11,16,22,32,35H,6-9,12-15H2,1-2H3/t22?,23-,24+. The summed E-state index contributed by atoms with van der Waals surface area (Å²) in [4.78, 5) is 10.8. The van der Waals surface area contributed by atoms with Gasteiger partial charge in [-0.05, 0) is 57.5 Å². The van der Waals surface area contributed by atoms with Gasteiger partial charge in [0, 0.05) is 23.5 Å². The Morgan fingerprint density at radius 2 is 1.95 bits per heavy atom. The van der Waals surface area contributed by atoms with E-state index in [0.29, 0.717) is 45.4 Å². The fourth-order valence-corrected chi connectivity index (χ4v) is 5.62. The van der Waals surface area contributed by atoms with Crippen LogP contribution in [0.3, 0.4) is 0 Å². The van der Waals surface area contributed by atoms with Crippen molar-refractivity contribution in [2.45, 2.75) is 49.3 Å². The lowest BCUT2D eigenvalue weighted by Gasteiger charge is -2.49. The third-order valence-electron chi connectivity index (χ3n) is 7.92. The van der Waals surface area contributed by atoms with Crippen LogP contribution in [-0.4, -0.2) is 72.3 Å². The SMILES string of the molecule is CN(C)[C@]1(c2cccc(F)c2)CC[C@]2(CC1)CN(c1cnc(C(F)(F)F)nc1OCC1COC1)C(O)N2. The Morgan fingerprint density at radius 1 is 1.22 bits per heavy atom. The smallest absolute Gasteiger partial charge is 0.451 e. The first-order valence-corrected chi connectivity index (χ1v) is 12.3. The van der Waals surface area contributed by atoms with E-state index >= 15 is 0 Å². The minimum Gasteiger partial charge on any atom is -0.476 e. The molecule has 12 heteroatoms. The van der Waals surface area contributed by atoms with E-state index in [0.717, 1.165) is 11.8 Å². The van der Waals surface area contributed by atoms with Crippen LogP contribution in [0.25, 0.3) is 0 Å². The Morgan fingerprint density at radius 3 is 2.54 bits per heavy atom. The maximum Gasteiger partial charge on any atom is 0.451 e. The Balaban J connectivity index is 1.37. The van der Waals surface area contributed by atoms with E-state index in [1.807, 2.05) is 20.2 Å². The Kier molecular flexibility index (Phi) is 6.80. The number of rotatable bonds is 6. The number of nitrogens with zero attached hydrogens (tertiary/aromatic N) is 4. The summed E-state index contributed by atoms with van der Waals surface area (Å²) >= 11 is 0. The zero-order chi connectivity index (χ0) is 26.4. The number of halogens is 4. The highest BCUT2D eigenvalue weighted by Crippen LogP contribution is 2.47. The summed E-state index contributed by atoms with van der Waals surface area (Å²) in [6.45, 7) is 1.44. The van der Waals surface area contributed by atoms with Crippen molar-refractivity contribution >= 4 is 5.69 Å². The molecule has 2 N–H and O–H groups in total. The van der Waals surface area contributed by atoms with Gasteiger partial charge in [-0.1, -0.05) is 12.1 Å². The van der Waals surface area contributed by atoms with E-state index in [2.05, 4.69) is 20.2 Å². The molecule has 1 unspecified atom stereocenters. The molecule has 3 fully saturated rings. The number of aromatic nitrogens is 2. The second kappa shape index (κ2) is 9.64. The van der Waals surface area contributed by atoms with Crippen LogP contribution in [-0.2, 0) is 16.5 Å². The number of aliphatic hydroxyl groups excluding tert-OH is 1. The second-order valence-electron chi connectivity index (χ2n) is 10.5. The van der Waals surface area contributed by atoms with Crippen LogP contribution in [0.1, 0.15) is 37.1 Å². The van der Waals surface area contributed by atoms with Gasteiger partial charge in [0.1, 0.15) is 11.5 Å². The zero-order valence-corrected chi connectivity index (χ0v) is 20.8. The summed E-state index contributed by atoms with van der Waals surface area (Å²) in [7, 11) is 3.95. The van der Waals surface area contributed by atoms with Crippen molar-refractivity contribution in [3.05, 3.63) is 47.7 Å². The highest BCUT2D eigenvalue weighted by molar-refractivity contribution is 5.55. The number of alkyl halides is 3. The molecule has 0 bridgehead atoms. The molecule has 1 aromatic heterocycles. The van der Waals surface area contributed by atoms with E-state index in [1.165, 1.54) is 6.07 Å². The molecular formula is C25H31F4N5O3. The van der Waals surface area contributed by atoms with Gasteiger partial charge in [-0.25, -0.2) is 9.37 Å². The average Bonchev–Trinajstić information content (AvgIpc) is 3.13. The third kappa shape index (κ3) is 4.99. The number of anilines is 1. The van der Waals surface area contributed by atoms with Gasteiger partial charge in [-0.3, -0.25) is 10.2 Å². The molecular weight excluding hydrogens is 494 g/mol. The molecule has 0 amide bonds. The number of hydrogen-bond acceptors (Lipinski definition) is 8. The largest absolute Gasteiger partial charge is 0.476 e. The summed E-state index contributed by atoms with van der Waals surface area (Å²) < 4.78 is 64.8. The molecule has 3 aliphatic rings. The van der Waals surface area contributed by atoms with Crippen molar-refractivity contribution in [1.82, 2.24) is 20.2 Å². The molecule has 2 saturated heterocycles. The average molecular weight is 526 g/mol. The van der Waals surface area contributed by atoms with Crippen LogP contribution < -0.4 is 15.0 Å². The molecule has 1 saturated carbocycles. The molecule has 2 aromatic rings. The van der Waals surface area contributed by atoms with Crippen LogP contribution in [0.2, 0.25) is 0 Å². The van der Waals surface area contributed by atoms with Gasteiger partial charge >= 0.3 is 6.18 Å². The van der Waals surface area contributed by atoms with Gasteiger partial charge in [0.15, 0.2) is 6.35 Å². The summed E-state index contributed by atoms with van der Waals surface area (Å²) in [5, 5.41) is 14.2. The lowest BCUT2D eigenvalue weighted by molar-refractivity contribution is -0.145. The molecule has 1 aromatic carbocycles. The Labute approximate surface area is 212 Å².